The third-order valence-corrected chi connectivity index (χ3v) is 14.3. The summed E-state index contributed by atoms with van der Waals surface area (Å²) in [5.41, 5.74) is 0. The van der Waals surface area contributed by atoms with Gasteiger partial charge in [-0.1, -0.05) is 313 Å². The second-order valence-electron chi connectivity index (χ2n) is 21.7. The zero-order valence-corrected chi connectivity index (χ0v) is 48.9. The molecule has 0 saturated carbocycles. The van der Waals surface area contributed by atoms with Crippen molar-refractivity contribution in [3.05, 3.63) is 48.6 Å². The third-order valence-electron chi connectivity index (χ3n) is 14.3. The van der Waals surface area contributed by atoms with Crippen LogP contribution >= 0.6 is 0 Å². The molecule has 0 aliphatic rings. The number of allylic oxidation sites excluding steroid dienone is 8. The molecule has 426 valence electrons. The molecule has 0 bridgehead atoms. The van der Waals surface area contributed by atoms with Crippen molar-refractivity contribution < 1.29 is 28.6 Å². The quantitative estimate of drug-likeness (QED) is 0.0261. The molecule has 0 aliphatic heterocycles. The highest BCUT2D eigenvalue weighted by Crippen LogP contribution is 2.18. The Bertz CT molecular complexity index is 1210. The second-order valence-corrected chi connectivity index (χ2v) is 21.7. The maximum atomic E-state index is 12.9. The second kappa shape index (κ2) is 61.9. The predicted octanol–water partition coefficient (Wildman–Crippen LogP) is 21.8. The number of hydrogen-bond donors (Lipinski definition) is 0. The minimum atomic E-state index is -0.799. The monoisotopic (exact) mass is 1020 g/mol. The van der Waals surface area contributed by atoms with Gasteiger partial charge in [0, 0.05) is 19.3 Å². The fraction of sp³-hybridized carbons (Fsp3) is 0.836. The minimum Gasteiger partial charge on any atom is -0.462 e. The standard InChI is InChI=1S/C67H122O6/c1-4-7-10-13-16-19-22-25-28-31-33-36-38-41-44-47-50-53-56-59-65(68)71-62-64(73-67(70)61-58-55-52-49-46-43-40-35-30-27-24-21-18-15-12-9-6-3)63-72-66(69)60-57-54-51-48-45-42-39-37-34-32-29-26-23-20-17-14-11-8-5-2/h18,21,27,30,40,43,49,52,64H,4-17,19-20,22-26,28-29,31-39,41-42,44-48,50-51,53-63H2,1-3H3/b21-18-,30-27-,43-40-,52-49-. The molecule has 0 rings (SSSR count). The fourth-order valence-corrected chi connectivity index (χ4v) is 9.50. The maximum Gasteiger partial charge on any atom is 0.306 e. The molecular formula is C67H122O6. The van der Waals surface area contributed by atoms with Gasteiger partial charge in [-0.05, 0) is 57.8 Å². The Morgan fingerprint density at radius 2 is 0.507 bits per heavy atom. The Kier molecular flexibility index (Phi) is 59.7. The molecule has 0 aromatic heterocycles. The summed E-state index contributed by atoms with van der Waals surface area (Å²) in [7, 11) is 0. The highest BCUT2D eigenvalue weighted by atomic mass is 16.6. The fourth-order valence-electron chi connectivity index (χ4n) is 9.50. The van der Waals surface area contributed by atoms with Crippen LogP contribution in [0.15, 0.2) is 48.6 Å². The smallest absolute Gasteiger partial charge is 0.306 e. The van der Waals surface area contributed by atoms with E-state index in [4.69, 9.17) is 14.2 Å². The summed E-state index contributed by atoms with van der Waals surface area (Å²) in [5, 5.41) is 0. The Hall–Kier alpha value is -2.63. The number of hydrogen-bond acceptors (Lipinski definition) is 6. The van der Waals surface area contributed by atoms with E-state index in [1.807, 2.05) is 0 Å². The van der Waals surface area contributed by atoms with Gasteiger partial charge in [-0.3, -0.25) is 14.4 Å². The lowest BCUT2D eigenvalue weighted by Gasteiger charge is -2.18. The van der Waals surface area contributed by atoms with E-state index in [1.54, 1.807) is 0 Å². The van der Waals surface area contributed by atoms with E-state index in [1.165, 1.54) is 231 Å². The molecule has 0 aromatic rings. The molecule has 73 heavy (non-hydrogen) atoms. The lowest BCUT2D eigenvalue weighted by molar-refractivity contribution is -0.167. The van der Waals surface area contributed by atoms with Crippen LogP contribution in [0.5, 0.6) is 0 Å². The Morgan fingerprint density at radius 1 is 0.274 bits per heavy atom. The highest BCUT2D eigenvalue weighted by molar-refractivity contribution is 5.71. The third kappa shape index (κ3) is 60.1. The van der Waals surface area contributed by atoms with E-state index >= 15 is 0 Å². The molecule has 0 radical (unpaired) electrons. The summed E-state index contributed by atoms with van der Waals surface area (Å²) < 4.78 is 16.9. The van der Waals surface area contributed by atoms with Crippen LogP contribution in [-0.2, 0) is 28.6 Å². The molecule has 0 amide bonds. The first-order valence-corrected chi connectivity index (χ1v) is 32.1. The van der Waals surface area contributed by atoms with E-state index in [0.717, 1.165) is 64.2 Å². The van der Waals surface area contributed by atoms with Crippen molar-refractivity contribution in [2.75, 3.05) is 13.2 Å². The van der Waals surface area contributed by atoms with Crippen molar-refractivity contribution in [3.8, 4) is 0 Å². The van der Waals surface area contributed by atoms with Gasteiger partial charge in [-0.2, -0.15) is 0 Å². The van der Waals surface area contributed by atoms with E-state index < -0.39 is 6.10 Å². The van der Waals surface area contributed by atoms with Gasteiger partial charge in [0.15, 0.2) is 6.10 Å². The summed E-state index contributed by atoms with van der Waals surface area (Å²) in [6, 6.07) is 0. The summed E-state index contributed by atoms with van der Waals surface area (Å²) in [6.45, 7) is 6.63. The molecule has 0 saturated heterocycles. The van der Waals surface area contributed by atoms with E-state index in [0.29, 0.717) is 19.3 Å². The van der Waals surface area contributed by atoms with Gasteiger partial charge in [-0.15, -0.1) is 0 Å². The van der Waals surface area contributed by atoms with Crippen LogP contribution in [-0.4, -0.2) is 37.2 Å². The van der Waals surface area contributed by atoms with Gasteiger partial charge in [0.2, 0.25) is 0 Å². The van der Waals surface area contributed by atoms with Crippen molar-refractivity contribution in [1.29, 1.82) is 0 Å². The average molecular weight is 1020 g/mol. The van der Waals surface area contributed by atoms with Gasteiger partial charge >= 0.3 is 17.9 Å². The van der Waals surface area contributed by atoms with Crippen LogP contribution in [0.25, 0.3) is 0 Å². The van der Waals surface area contributed by atoms with Crippen molar-refractivity contribution in [1.82, 2.24) is 0 Å². The van der Waals surface area contributed by atoms with E-state index in [9.17, 15) is 14.4 Å². The van der Waals surface area contributed by atoms with Crippen LogP contribution < -0.4 is 0 Å². The number of rotatable bonds is 59. The van der Waals surface area contributed by atoms with E-state index in [2.05, 4.69) is 69.4 Å². The molecular weight excluding hydrogens is 901 g/mol. The summed E-state index contributed by atoms with van der Waals surface area (Å²) in [4.78, 5) is 38.3. The van der Waals surface area contributed by atoms with Gasteiger partial charge in [-0.25, -0.2) is 0 Å². The first-order chi connectivity index (χ1) is 36.0. The zero-order chi connectivity index (χ0) is 52.9. The van der Waals surface area contributed by atoms with Crippen molar-refractivity contribution in [2.45, 2.75) is 348 Å². The van der Waals surface area contributed by atoms with Crippen LogP contribution in [0.3, 0.4) is 0 Å². The Balaban J connectivity index is 4.38. The van der Waals surface area contributed by atoms with Crippen LogP contribution in [0, 0.1) is 0 Å². The molecule has 6 heteroatoms. The minimum absolute atomic E-state index is 0.0899. The van der Waals surface area contributed by atoms with Gasteiger partial charge in [0.25, 0.3) is 0 Å². The van der Waals surface area contributed by atoms with Crippen LogP contribution in [0.1, 0.15) is 342 Å². The number of carbonyl (C=O) groups excluding carboxylic acids is 3. The molecule has 0 heterocycles. The van der Waals surface area contributed by atoms with Crippen LogP contribution in [0.2, 0.25) is 0 Å². The van der Waals surface area contributed by atoms with Gasteiger partial charge in [0.05, 0.1) is 0 Å². The van der Waals surface area contributed by atoms with Gasteiger partial charge in [0.1, 0.15) is 13.2 Å². The molecule has 6 nitrogen and oxygen atoms in total. The number of esters is 3. The summed E-state index contributed by atoms with van der Waals surface area (Å²) in [5.74, 6) is -0.923. The van der Waals surface area contributed by atoms with Crippen LogP contribution in [0.4, 0.5) is 0 Å². The van der Waals surface area contributed by atoms with Crippen molar-refractivity contribution >= 4 is 17.9 Å². The van der Waals surface area contributed by atoms with Crippen molar-refractivity contribution in [3.63, 3.8) is 0 Å². The topological polar surface area (TPSA) is 78.9 Å². The largest absolute Gasteiger partial charge is 0.462 e. The number of carbonyl (C=O) groups is 3. The lowest BCUT2D eigenvalue weighted by Crippen LogP contribution is -2.30. The first kappa shape index (κ1) is 70.4. The number of ether oxygens (including phenoxy) is 3. The SMILES string of the molecule is CCCCC/C=C\C/C=C\C/C=C\C/C=C\CCCC(=O)OC(COC(=O)CCCCCCCCCCCCCCCCCCCCC)COC(=O)CCCCCCCCCCCCCCCCCCCCC. The summed E-state index contributed by atoms with van der Waals surface area (Å²) >= 11 is 0. The molecule has 0 unspecified atom stereocenters. The Labute approximate surface area is 454 Å². The first-order valence-electron chi connectivity index (χ1n) is 32.1. The molecule has 0 atom stereocenters. The molecule has 0 aromatic carbocycles. The molecule has 0 fully saturated rings. The molecule has 0 aliphatic carbocycles. The lowest BCUT2D eigenvalue weighted by atomic mass is 10.0. The Morgan fingerprint density at radius 3 is 0.808 bits per heavy atom. The number of unbranched alkanes of at least 4 members (excludes halogenated alkanes) is 40. The maximum absolute atomic E-state index is 12.9. The predicted molar refractivity (Wildman–Crippen MR) is 316 cm³/mol. The van der Waals surface area contributed by atoms with Crippen molar-refractivity contribution in [2.24, 2.45) is 0 Å². The molecule has 0 spiro atoms. The molecule has 0 N–H and O–H groups in total. The highest BCUT2D eigenvalue weighted by Gasteiger charge is 2.19. The normalized spacial score (nSPS) is 11.9. The summed E-state index contributed by atoms with van der Waals surface area (Å²) in [6.07, 6.45) is 76.9. The van der Waals surface area contributed by atoms with E-state index in [-0.39, 0.29) is 37.5 Å². The van der Waals surface area contributed by atoms with Gasteiger partial charge < -0.3 is 14.2 Å². The zero-order valence-electron chi connectivity index (χ0n) is 48.9. The average Bonchev–Trinajstić information content (AvgIpc) is 3.39.